The Labute approximate surface area is 137 Å². The quantitative estimate of drug-likeness (QED) is 0.737. The smallest absolute Gasteiger partial charge is 0.360 e. The molecule has 2 aromatic rings. The molecule has 0 aliphatic heterocycles. The average Bonchev–Trinajstić information content (AvgIpc) is 2.59. The van der Waals surface area contributed by atoms with Crippen LogP contribution in [-0.4, -0.2) is 8.42 Å². The standard InChI is InChI=1S/C18H18O4S/c1-15(17-9-5-3-6-10-17)13-21-23(19,20)22-14-16(2)18-11-7-4-8-12-18/h3-14H,1-2H3. The molecular weight excluding hydrogens is 312 g/mol. The van der Waals surface area contributed by atoms with Crippen molar-refractivity contribution in [2.24, 2.45) is 0 Å². The van der Waals surface area contributed by atoms with Crippen molar-refractivity contribution in [3.8, 4) is 0 Å². The summed E-state index contributed by atoms with van der Waals surface area (Å²) in [6.07, 6.45) is 2.33. The highest BCUT2D eigenvalue weighted by atomic mass is 32.3. The lowest BCUT2D eigenvalue weighted by molar-refractivity contribution is 0.337. The number of hydrogen-bond donors (Lipinski definition) is 0. The summed E-state index contributed by atoms with van der Waals surface area (Å²) >= 11 is 0. The number of benzene rings is 2. The van der Waals surface area contributed by atoms with Crippen molar-refractivity contribution >= 4 is 21.5 Å². The van der Waals surface area contributed by atoms with E-state index >= 15 is 0 Å². The maximum absolute atomic E-state index is 11.8. The van der Waals surface area contributed by atoms with E-state index in [0.29, 0.717) is 11.1 Å². The van der Waals surface area contributed by atoms with Crippen molar-refractivity contribution in [1.29, 1.82) is 0 Å². The van der Waals surface area contributed by atoms with Crippen LogP contribution in [0.25, 0.3) is 11.1 Å². The van der Waals surface area contributed by atoms with E-state index in [1.54, 1.807) is 13.8 Å². The second-order valence-corrected chi connectivity index (χ2v) is 6.14. The van der Waals surface area contributed by atoms with Crippen LogP contribution >= 0.6 is 0 Å². The number of hydrogen-bond acceptors (Lipinski definition) is 4. The first-order chi connectivity index (χ1) is 11.0. The Morgan fingerprint density at radius 2 is 1.09 bits per heavy atom. The summed E-state index contributed by atoms with van der Waals surface area (Å²) in [5.41, 5.74) is 3.11. The van der Waals surface area contributed by atoms with Crippen molar-refractivity contribution in [3.63, 3.8) is 0 Å². The van der Waals surface area contributed by atoms with Gasteiger partial charge in [0.1, 0.15) is 12.5 Å². The zero-order valence-corrected chi connectivity index (χ0v) is 13.8. The molecule has 0 saturated heterocycles. The van der Waals surface area contributed by atoms with Crippen molar-refractivity contribution in [2.45, 2.75) is 13.8 Å². The number of rotatable bonds is 6. The largest absolute Gasteiger partial charge is 0.499 e. The van der Waals surface area contributed by atoms with Gasteiger partial charge < -0.3 is 8.37 Å². The summed E-state index contributed by atoms with van der Waals surface area (Å²) in [7, 11) is -4.14. The molecule has 0 aromatic heterocycles. The van der Waals surface area contributed by atoms with E-state index in [4.69, 9.17) is 8.37 Å². The molecule has 0 spiro atoms. The molecule has 2 aromatic carbocycles. The molecule has 0 amide bonds. The van der Waals surface area contributed by atoms with Gasteiger partial charge in [-0.05, 0) is 36.1 Å². The molecule has 120 valence electrons. The molecule has 0 radical (unpaired) electrons. The molecule has 0 N–H and O–H groups in total. The highest BCUT2D eigenvalue weighted by molar-refractivity contribution is 7.82. The molecule has 0 aliphatic rings. The molecule has 0 atom stereocenters. The van der Waals surface area contributed by atoms with Crippen molar-refractivity contribution in [1.82, 2.24) is 0 Å². The Balaban J connectivity index is 2.02. The summed E-state index contributed by atoms with van der Waals surface area (Å²) in [6, 6.07) is 18.7. The van der Waals surface area contributed by atoms with Crippen molar-refractivity contribution < 1.29 is 16.8 Å². The van der Waals surface area contributed by atoms with Gasteiger partial charge in [-0.1, -0.05) is 60.7 Å². The van der Waals surface area contributed by atoms with Crippen molar-refractivity contribution in [3.05, 3.63) is 84.3 Å². The molecule has 4 nitrogen and oxygen atoms in total. The SMILES string of the molecule is CC(=COS(=O)(=O)OC=C(C)c1ccccc1)c1ccccc1. The zero-order valence-electron chi connectivity index (χ0n) is 13.0. The van der Waals surface area contributed by atoms with Crippen molar-refractivity contribution in [2.75, 3.05) is 0 Å². The fraction of sp³-hybridized carbons (Fsp3) is 0.111. The van der Waals surface area contributed by atoms with Crippen LogP contribution in [0.1, 0.15) is 25.0 Å². The van der Waals surface area contributed by atoms with Gasteiger partial charge in [0.05, 0.1) is 0 Å². The van der Waals surface area contributed by atoms with E-state index in [0.717, 1.165) is 23.7 Å². The summed E-state index contributed by atoms with van der Waals surface area (Å²) < 4.78 is 33.1. The van der Waals surface area contributed by atoms with Crippen LogP contribution in [-0.2, 0) is 18.8 Å². The van der Waals surface area contributed by atoms with Crippen LogP contribution in [0.15, 0.2) is 73.2 Å². The van der Waals surface area contributed by atoms with Crippen LogP contribution in [0.2, 0.25) is 0 Å². The van der Waals surface area contributed by atoms with Crippen LogP contribution in [0.5, 0.6) is 0 Å². The Kier molecular flexibility index (Phi) is 5.60. The molecule has 23 heavy (non-hydrogen) atoms. The molecule has 2 rings (SSSR count). The molecule has 0 aliphatic carbocycles. The van der Waals surface area contributed by atoms with E-state index in [9.17, 15) is 8.42 Å². The molecule has 0 unspecified atom stereocenters. The van der Waals surface area contributed by atoms with E-state index in [-0.39, 0.29) is 0 Å². The summed E-state index contributed by atoms with van der Waals surface area (Å²) in [6.45, 7) is 3.52. The minimum Gasteiger partial charge on any atom is -0.360 e. The van der Waals surface area contributed by atoms with E-state index < -0.39 is 10.4 Å². The van der Waals surface area contributed by atoms with Gasteiger partial charge in [-0.15, -0.1) is 8.42 Å². The highest BCUT2D eigenvalue weighted by Crippen LogP contribution is 2.16. The predicted molar refractivity (Wildman–Crippen MR) is 91.3 cm³/mol. The number of allylic oxidation sites excluding steroid dienone is 2. The molecule has 0 bridgehead atoms. The van der Waals surface area contributed by atoms with Gasteiger partial charge in [0.25, 0.3) is 0 Å². The fourth-order valence-corrected chi connectivity index (χ4v) is 2.39. The van der Waals surface area contributed by atoms with Gasteiger partial charge in [-0.2, -0.15) is 0 Å². The van der Waals surface area contributed by atoms with Gasteiger partial charge in [0.2, 0.25) is 0 Å². The third kappa shape index (κ3) is 5.30. The van der Waals surface area contributed by atoms with Gasteiger partial charge in [0.15, 0.2) is 0 Å². The monoisotopic (exact) mass is 330 g/mol. The minimum atomic E-state index is -4.14. The van der Waals surface area contributed by atoms with Crippen LogP contribution in [0.4, 0.5) is 0 Å². The molecule has 0 saturated carbocycles. The fourth-order valence-electron chi connectivity index (χ4n) is 1.82. The lowest BCUT2D eigenvalue weighted by Crippen LogP contribution is -2.03. The molecular formula is C18H18O4S. The lowest BCUT2D eigenvalue weighted by Gasteiger charge is -2.05. The average molecular weight is 330 g/mol. The topological polar surface area (TPSA) is 52.6 Å². The maximum Gasteiger partial charge on any atom is 0.499 e. The van der Waals surface area contributed by atoms with Gasteiger partial charge in [-0.25, -0.2) is 0 Å². The highest BCUT2D eigenvalue weighted by Gasteiger charge is 2.10. The van der Waals surface area contributed by atoms with Crippen LogP contribution in [0.3, 0.4) is 0 Å². The minimum absolute atomic E-state index is 0.682. The maximum atomic E-state index is 11.8. The first-order valence-electron chi connectivity index (χ1n) is 7.04. The normalized spacial score (nSPS) is 12.8. The molecule has 0 fully saturated rings. The third-order valence-corrected chi connectivity index (χ3v) is 3.81. The Bertz CT molecular complexity index is 728. The molecule has 5 heteroatoms. The second kappa shape index (κ2) is 7.65. The third-order valence-electron chi connectivity index (χ3n) is 3.14. The van der Waals surface area contributed by atoms with E-state index in [2.05, 4.69) is 0 Å². The Morgan fingerprint density at radius 3 is 1.43 bits per heavy atom. The van der Waals surface area contributed by atoms with Crippen LogP contribution in [0, 0.1) is 0 Å². The lowest BCUT2D eigenvalue weighted by atomic mass is 10.1. The van der Waals surface area contributed by atoms with Crippen LogP contribution < -0.4 is 0 Å². The summed E-state index contributed by atoms with van der Waals surface area (Å²) in [5, 5.41) is 0. The predicted octanol–water partition coefficient (Wildman–Crippen LogP) is 4.39. The zero-order chi connectivity index (χ0) is 16.7. The molecule has 0 heterocycles. The van der Waals surface area contributed by atoms with E-state index in [1.165, 1.54) is 0 Å². The first-order valence-corrected chi connectivity index (χ1v) is 8.37. The van der Waals surface area contributed by atoms with Gasteiger partial charge in [-0.3, -0.25) is 0 Å². The Hall–Kier alpha value is -2.53. The Morgan fingerprint density at radius 1 is 0.739 bits per heavy atom. The summed E-state index contributed by atoms with van der Waals surface area (Å²) in [4.78, 5) is 0. The first kappa shape index (κ1) is 16.8. The van der Waals surface area contributed by atoms with Gasteiger partial charge in [0, 0.05) is 0 Å². The second-order valence-electron chi connectivity index (χ2n) is 4.93. The summed E-state index contributed by atoms with van der Waals surface area (Å²) in [5.74, 6) is 0. The van der Waals surface area contributed by atoms with Gasteiger partial charge >= 0.3 is 10.4 Å². The van der Waals surface area contributed by atoms with E-state index in [1.807, 2.05) is 60.7 Å².